The second-order valence-corrected chi connectivity index (χ2v) is 7.15. The van der Waals surface area contributed by atoms with Gasteiger partial charge in [-0.1, -0.05) is 6.07 Å². The number of nitro benzene ring substituents is 1. The van der Waals surface area contributed by atoms with Crippen molar-refractivity contribution in [2.45, 2.75) is 18.2 Å². The molecule has 0 N–H and O–H groups in total. The quantitative estimate of drug-likeness (QED) is 0.595. The molecule has 0 saturated heterocycles. The second kappa shape index (κ2) is 6.84. The molecule has 7 nitrogen and oxygen atoms in total. The topological polar surface area (TPSA) is 93.4 Å². The minimum absolute atomic E-state index is 0.0455. The van der Waals surface area contributed by atoms with Gasteiger partial charge >= 0.3 is 0 Å². The predicted molar refractivity (Wildman–Crippen MR) is 85.6 cm³/mol. The molecule has 0 aliphatic rings. The Labute approximate surface area is 134 Å². The van der Waals surface area contributed by atoms with Gasteiger partial charge in [0.25, 0.3) is 5.69 Å². The van der Waals surface area contributed by atoms with E-state index in [0.717, 1.165) is 5.69 Å². The van der Waals surface area contributed by atoms with Crippen LogP contribution in [-0.4, -0.2) is 36.2 Å². The van der Waals surface area contributed by atoms with Crippen molar-refractivity contribution < 1.29 is 13.3 Å². The van der Waals surface area contributed by atoms with E-state index in [1.165, 1.54) is 36.5 Å². The summed E-state index contributed by atoms with van der Waals surface area (Å²) in [4.78, 5) is 14.5. The molecule has 0 unspecified atom stereocenters. The number of nitrogens with zero attached hydrogens (tertiary/aromatic N) is 3. The third kappa shape index (κ3) is 3.91. The molecule has 122 valence electrons. The fraction of sp³-hybridized carbons (Fsp3) is 0.267. The van der Waals surface area contributed by atoms with Crippen LogP contribution in [0, 0.1) is 17.0 Å². The van der Waals surface area contributed by atoms with E-state index >= 15 is 0 Å². The van der Waals surface area contributed by atoms with Gasteiger partial charge in [-0.2, -0.15) is 0 Å². The number of pyridine rings is 1. The zero-order chi connectivity index (χ0) is 17.0. The Bertz CT molecular complexity index is 807. The fourth-order valence-corrected chi connectivity index (χ4v) is 3.37. The van der Waals surface area contributed by atoms with Crippen LogP contribution in [-0.2, 0) is 16.4 Å². The number of hydrogen-bond donors (Lipinski definition) is 0. The lowest BCUT2D eigenvalue weighted by atomic mass is 10.2. The minimum atomic E-state index is -3.69. The molecule has 0 bridgehead atoms. The molecule has 0 amide bonds. The molecule has 0 spiro atoms. The van der Waals surface area contributed by atoms with Gasteiger partial charge in [-0.05, 0) is 31.2 Å². The highest BCUT2D eigenvalue weighted by Gasteiger charge is 2.23. The molecule has 0 atom stereocenters. The average molecular weight is 335 g/mol. The summed E-state index contributed by atoms with van der Waals surface area (Å²) in [6.45, 7) is 1.79. The highest BCUT2D eigenvalue weighted by molar-refractivity contribution is 7.89. The van der Waals surface area contributed by atoms with E-state index in [2.05, 4.69) is 4.98 Å². The molecule has 0 radical (unpaired) electrons. The molecule has 2 rings (SSSR count). The Hall–Kier alpha value is -2.32. The highest BCUT2D eigenvalue weighted by Crippen LogP contribution is 2.23. The van der Waals surface area contributed by atoms with Crippen molar-refractivity contribution >= 4 is 15.7 Å². The Balaban J connectivity index is 2.17. The molecular weight excluding hydrogens is 318 g/mol. The lowest BCUT2D eigenvalue weighted by Crippen LogP contribution is -2.29. The molecular formula is C15H17N3O4S. The van der Waals surface area contributed by atoms with E-state index in [-0.39, 0.29) is 17.1 Å². The van der Waals surface area contributed by atoms with Gasteiger partial charge in [0.1, 0.15) is 0 Å². The van der Waals surface area contributed by atoms with E-state index in [1.54, 1.807) is 12.3 Å². The van der Waals surface area contributed by atoms with Crippen LogP contribution in [0.25, 0.3) is 0 Å². The largest absolute Gasteiger partial charge is 0.272 e. The first-order chi connectivity index (χ1) is 10.8. The third-order valence-electron chi connectivity index (χ3n) is 3.48. The van der Waals surface area contributed by atoms with Crippen LogP contribution in [0.2, 0.25) is 0 Å². The molecule has 2 aromatic rings. The Morgan fingerprint density at radius 1 is 1.26 bits per heavy atom. The van der Waals surface area contributed by atoms with Crippen molar-refractivity contribution in [3.05, 3.63) is 64.0 Å². The lowest BCUT2D eigenvalue weighted by Gasteiger charge is -2.17. The normalized spacial score (nSPS) is 11.6. The molecule has 0 aliphatic heterocycles. The van der Waals surface area contributed by atoms with Crippen LogP contribution in [0.15, 0.2) is 47.5 Å². The Kier molecular flexibility index (Phi) is 5.07. The zero-order valence-corrected chi connectivity index (χ0v) is 13.7. The standard InChI is InChI=1S/C15H17N3O4S/c1-12-11-14(6-7-15(12)18(19)20)23(21,22)17(2)10-8-13-5-3-4-9-16-13/h3-7,9,11H,8,10H2,1-2H3. The second-order valence-electron chi connectivity index (χ2n) is 5.10. The van der Waals surface area contributed by atoms with Gasteiger partial charge in [-0.3, -0.25) is 15.1 Å². The molecule has 1 heterocycles. The van der Waals surface area contributed by atoms with Gasteiger partial charge in [-0.15, -0.1) is 0 Å². The number of hydrogen-bond acceptors (Lipinski definition) is 5. The molecule has 0 aliphatic carbocycles. The van der Waals surface area contributed by atoms with E-state index in [1.807, 2.05) is 12.1 Å². The van der Waals surface area contributed by atoms with Gasteiger partial charge in [0.15, 0.2) is 0 Å². The summed E-state index contributed by atoms with van der Waals surface area (Å²) in [5.41, 5.74) is 1.02. The zero-order valence-electron chi connectivity index (χ0n) is 12.8. The molecule has 1 aromatic carbocycles. The minimum Gasteiger partial charge on any atom is -0.261 e. The SMILES string of the molecule is Cc1cc(S(=O)(=O)N(C)CCc2ccccn2)ccc1[N+](=O)[O-]. The summed E-state index contributed by atoms with van der Waals surface area (Å²) in [6, 6.07) is 9.27. The highest BCUT2D eigenvalue weighted by atomic mass is 32.2. The number of rotatable bonds is 6. The number of nitro groups is 1. The van der Waals surface area contributed by atoms with Gasteiger partial charge in [0.05, 0.1) is 9.82 Å². The van der Waals surface area contributed by atoms with Crippen LogP contribution in [0.5, 0.6) is 0 Å². The number of likely N-dealkylation sites (N-methyl/N-ethyl adjacent to an activating group) is 1. The van der Waals surface area contributed by atoms with Gasteiger partial charge < -0.3 is 0 Å². The summed E-state index contributed by atoms with van der Waals surface area (Å²) in [5.74, 6) is 0. The Morgan fingerprint density at radius 2 is 2.00 bits per heavy atom. The van der Waals surface area contributed by atoms with E-state index in [9.17, 15) is 18.5 Å². The van der Waals surface area contributed by atoms with Crippen molar-refractivity contribution in [1.29, 1.82) is 0 Å². The van der Waals surface area contributed by atoms with Crippen molar-refractivity contribution in [2.24, 2.45) is 0 Å². The lowest BCUT2D eigenvalue weighted by molar-refractivity contribution is -0.385. The molecule has 8 heteroatoms. The van der Waals surface area contributed by atoms with E-state index < -0.39 is 14.9 Å². The summed E-state index contributed by atoms with van der Waals surface area (Å²) in [6.07, 6.45) is 2.14. The number of sulfonamides is 1. The summed E-state index contributed by atoms with van der Waals surface area (Å²) in [7, 11) is -2.21. The van der Waals surface area contributed by atoms with Crippen LogP contribution in [0.3, 0.4) is 0 Å². The van der Waals surface area contributed by atoms with Crippen molar-refractivity contribution in [3.63, 3.8) is 0 Å². The summed E-state index contributed by atoms with van der Waals surface area (Å²) >= 11 is 0. The summed E-state index contributed by atoms with van der Waals surface area (Å²) in [5, 5.41) is 10.8. The van der Waals surface area contributed by atoms with Crippen LogP contribution >= 0.6 is 0 Å². The maximum Gasteiger partial charge on any atom is 0.272 e. The molecule has 1 aromatic heterocycles. The number of aromatic nitrogens is 1. The molecule has 0 saturated carbocycles. The first-order valence-corrected chi connectivity index (χ1v) is 8.37. The van der Waals surface area contributed by atoms with Gasteiger partial charge in [-0.25, -0.2) is 12.7 Å². The number of benzene rings is 1. The first kappa shape index (κ1) is 17.0. The monoisotopic (exact) mass is 335 g/mol. The van der Waals surface area contributed by atoms with Crippen molar-refractivity contribution in [1.82, 2.24) is 9.29 Å². The van der Waals surface area contributed by atoms with Gasteiger partial charge in [0.2, 0.25) is 10.0 Å². The van der Waals surface area contributed by atoms with Crippen LogP contribution in [0.4, 0.5) is 5.69 Å². The Morgan fingerprint density at radius 3 is 2.57 bits per heavy atom. The van der Waals surface area contributed by atoms with Crippen LogP contribution < -0.4 is 0 Å². The van der Waals surface area contributed by atoms with E-state index in [4.69, 9.17) is 0 Å². The molecule has 23 heavy (non-hydrogen) atoms. The predicted octanol–water partition coefficient (Wildman–Crippen LogP) is 2.16. The van der Waals surface area contributed by atoms with Gasteiger partial charge in [0, 0.05) is 43.5 Å². The molecule has 0 fully saturated rings. The van der Waals surface area contributed by atoms with Crippen molar-refractivity contribution in [2.75, 3.05) is 13.6 Å². The van der Waals surface area contributed by atoms with E-state index in [0.29, 0.717) is 12.0 Å². The third-order valence-corrected chi connectivity index (χ3v) is 5.33. The maximum absolute atomic E-state index is 12.5. The fourth-order valence-electron chi connectivity index (χ4n) is 2.11. The first-order valence-electron chi connectivity index (χ1n) is 6.93. The van der Waals surface area contributed by atoms with Crippen LogP contribution in [0.1, 0.15) is 11.3 Å². The maximum atomic E-state index is 12.5. The number of aryl methyl sites for hydroxylation is 1. The average Bonchev–Trinajstić information content (AvgIpc) is 2.53. The van der Waals surface area contributed by atoms with Crippen molar-refractivity contribution in [3.8, 4) is 0 Å². The summed E-state index contributed by atoms with van der Waals surface area (Å²) < 4.78 is 26.3. The smallest absolute Gasteiger partial charge is 0.261 e.